The first-order valence-electron chi connectivity index (χ1n) is 4.24. The van der Waals surface area contributed by atoms with E-state index in [1.54, 1.807) is 11.3 Å². The minimum atomic E-state index is 0.149. The number of aliphatic hydroxyl groups is 1. The summed E-state index contributed by atoms with van der Waals surface area (Å²) in [5.41, 5.74) is 0. The van der Waals surface area contributed by atoms with Crippen LogP contribution in [0.2, 0.25) is 0 Å². The standard InChI is InChI=1S/C9H14BrNOS/c1-6(4-12)11-7(2)9-3-8(10)5-13-9/h3,5-7,11-12H,4H2,1-2H3/t6-,7+/m0/s1. The largest absolute Gasteiger partial charge is 0.395 e. The maximum Gasteiger partial charge on any atom is 0.0582 e. The van der Waals surface area contributed by atoms with Crippen molar-refractivity contribution in [1.29, 1.82) is 0 Å². The van der Waals surface area contributed by atoms with Crippen molar-refractivity contribution in [2.45, 2.75) is 25.9 Å². The number of hydrogen-bond donors (Lipinski definition) is 2. The molecule has 1 rings (SSSR count). The number of aliphatic hydroxyl groups excluding tert-OH is 1. The van der Waals surface area contributed by atoms with E-state index in [0.717, 1.165) is 4.47 Å². The summed E-state index contributed by atoms with van der Waals surface area (Å²) in [5.74, 6) is 0. The Morgan fingerprint density at radius 1 is 1.62 bits per heavy atom. The summed E-state index contributed by atoms with van der Waals surface area (Å²) < 4.78 is 1.12. The lowest BCUT2D eigenvalue weighted by molar-refractivity contribution is 0.243. The molecule has 0 unspecified atom stereocenters. The Balaban J connectivity index is 2.53. The maximum atomic E-state index is 8.87. The predicted molar refractivity (Wildman–Crippen MR) is 60.1 cm³/mol. The highest BCUT2D eigenvalue weighted by molar-refractivity contribution is 9.10. The molecule has 2 nitrogen and oxygen atoms in total. The third kappa shape index (κ3) is 3.38. The molecule has 0 radical (unpaired) electrons. The Morgan fingerprint density at radius 3 is 2.77 bits per heavy atom. The Kier molecular flexibility index (Phi) is 4.38. The van der Waals surface area contributed by atoms with Gasteiger partial charge in [-0.05, 0) is 35.8 Å². The third-order valence-corrected chi connectivity index (χ3v) is 3.70. The van der Waals surface area contributed by atoms with Crippen molar-refractivity contribution in [1.82, 2.24) is 5.32 Å². The lowest BCUT2D eigenvalue weighted by Gasteiger charge is -2.16. The van der Waals surface area contributed by atoms with Gasteiger partial charge in [-0.25, -0.2) is 0 Å². The lowest BCUT2D eigenvalue weighted by Crippen LogP contribution is -2.31. The summed E-state index contributed by atoms with van der Waals surface area (Å²) in [6.07, 6.45) is 0. The first-order chi connectivity index (χ1) is 6.13. The predicted octanol–water partition coefficient (Wildman–Crippen LogP) is 2.54. The maximum absolute atomic E-state index is 8.87. The van der Waals surface area contributed by atoms with Crippen LogP contribution in [0.4, 0.5) is 0 Å². The van der Waals surface area contributed by atoms with Crippen LogP contribution in [0.1, 0.15) is 24.8 Å². The van der Waals surface area contributed by atoms with Crippen LogP contribution in [-0.4, -0.2) is 17.8 Å². The molecule has 0 fully saturated rings. The molecule has 0 aliphatic heterocycles. The summed E-state index contributed by atoms with van der Waals surface area (Å²) >= 11 is 5.14. The fraction of sp³-hybridized carbons (Fsp3) is 0.556. The minimum absolute atomic E-state index is 0.149. The summed E-state index contributed by atoms with van der Waals surface area (Å²) in [6.45, 7) is 4.25. The van der Waals surface area contributed by atoms with Crippen LogP contribution in [0.5, 0.6) is 0 Å². The molecular weight excluding hydrogens is 250 g/mol. The van der Waals surface area contributed by atoms with Gasteiger partial charge in [0.1, 0.15) is 0 Å². The Hall–Kier alpha value is 0.1000. The van der Waals surface area contributed by atoms with E-state index in [9.17, 15) is 0 Å². The fourth-order valence-corrected chi connectivity index (χ4v) is 2.58. The van der Waals surface area contributed by atoms with Gasteiger partial charge in [-0.15, -0.1) is 11.3 Å². The highest BCUT2D eigenvalue weighted by Gasteiger charge is 2.10. The second-order valence-electron chi connectivity index (χ2n) is 3.14. The van der Waals surface area contributed by atoms with Gasteiger partial charge < -0.3 is 10.4 Å². The van der Waals surface area contributed by atoms with Crippen LogP contribution in [-0.2, 0) is 0 Å². The van der Waals surface area contributed by atoms with Crippen molar-refractivity contribution in [2.24, 2.45) is 0 Å². The Bertz CT molecular complexity index is 264. The fourth-order valence-electron chi connectivity index (χ4n) is 1.12. The van der Waals surface area contributed by atoms with Crippen LogP contribution < -0.4 is 5.32 Å². The van der Waals surface area contributed by atoms with Crippen molar-refractivity contribution in [3.05, 3.63) is 20.8 Å². The lowest BCUT2D eigenvalue weighted by atomic mass is 10.2. The summed E-state index contributed by atoms with van der Waals surface area (Å²) in [5, 5.41) is 14.2. The zero-order chi connectivity index (χ0) is 9.84. The minimum Gasteiger partial charge on any atom is -0.395 e. The van der Waals surface area contributed by atoms with Crippen LogP contribution in [0.3, 0.4) is 0 Å². The van der Waals surface area contributed by atoms with Gasteiger partial charge in [0.2, 0.25) is 0 Å². The Morgan fingerprint density at radius 2 is 2.31 bits per heavy atom. The molecule has 2 N–H and O–H groups in total. The normalized spacial score (nSPS) is 15.7. The van der Waals surface area contributed by atoms with Crippen molar-refractivity contribution < 1.29 is 5.11 Å². The van der Waals surface area contributed by atoms with E-state index in [2.05, 4.69) is 39.6 Å². The molecule has 1 aromatic rings. The molecule has 1 heterocycles. The van der Waals surface area contributed by atoms with E-state index in [0.29, 0.717) is 6.04 Å². The quantitative estimate of drug-likeness (QED) is 0.876. The van der Waals surface area contributed by atoms with Gasteiger partial charge >= 0.3 is 0 Å². The molecule has 0 aliphatic rings. The van der Waals surface area contributed by atoms with Crippen molar-refractivity contribution >= 4 is 27.3 Å². The average molecular weight is 264 g/mol. The van der Waals surface area contributed by atoms with E-state index >= 15 is 0 Å². The molecule has 0 aliphatic carbocycles. The van der Waals surface area contributed by atoms with Crippen LogP contribution in [0.25, 0.3) is 0 Å². The molecule has 4 heteroatoms. The second-order valence-corrected chi connectivity index (χ2v) is 5.00. The molecule has 0 amide bonds. The molecule has 1 aromatic heterocycles. The molecule has 13 heavy (non-hydrogen) atoms. The Labute approximate surface area is 91.1 Å². The van der Waals surface area contributed by atoms with Gasteiger partial charge in [-0.3, -0.25) is 0 Å². The van der Waals surface area contributed by atoms with Gasteiger partial charge in [-0.2, -0.15) is 0 Å². The average Bonchev–Trinajstić information content (AvgIpc) is 2.51. The number of hydrogen-bond acceptors (Lipinski definition) is 3. The highest BCUT2D eigenvalue weighted by atomic mass is 79.9. The number of halogens is 1. The van der Waals surface area contributed by atoms with E-state index in [1.165, 1.54) is 4.88 Å². The monoisotopic (exact) mass is 263 g/mol. The summed E-state index contributed by atoms with van der Waals surface area (Å²) in [6, 6.07) is 2.56. The second kappa shape index (κ2) is 5.10. The molecule has 74 valence electrons. The summed E-state index contributed by atoms with van der Waals surface area (Å²) in [4.78, 5) is 1.28. The molecule has 0 saturated heterocycles. The first-order valence-corrected chi connectivity index (χ1v) is 5.91. The van der Waals surface area contributed by atoms with E-state index in [4.69, 9.17) is 5.11 Å². The zero-order valence-electron chi connectivity index (χ0n) is 7.75. The van der Waals surface area contributed by atoms with Gasteiger partial charge in [-0.1, -0.05) is 0 Å². The number of thiophene rings is 1. The van der Waals surface area contributed by atoms with Crippen molar-refractivity contribution in [2.75, 3.05) is 6.61 Å². The molecule has 0 bridgehead atoms. The molecule has 2 atom stereocenters. The zero-order valence-corrected chi connectivity index (χ0v) is 10.2. The molecular formula is C9H14BrNOS. The van der Waals surface area contributed by atoms with E-state index in [-0.39, 0.29) is 12.6 Å². The summed E-state index contributed by atoms with van der Waals surface area (Å²) in [7, 11) is 0. The highest BCUT2D eigenvalue weighted by Crippen LogP contribution is 2.25. The number of rotatable bonds is 4. The van der Waals surface area contributed by atoms with Gasteiger partial charge in [0, 0.05) is 26.8 Å². The molecule has 0 aromatic carbocycles. The molecule has 0 saturated carbocycles. The van der Waals surface area contributed by atoms with Gasteiger partial charge in [0.25, 0.3) is 0 Å². The smallest absolute Gasteiger partial charge is 0.0582 e. The number of nitrogens with one attached hydrogen (secondary N) is 1. The van der Waals surface area contributed by atoms with Gasteiger partial charge in [0.05, 0.1) is 6.61 Å². The first kappa shape index (κ1) is 11.2. The van der Waals surface area contributed by atoms with Crippen molar-refractivity contribution in [3.8, 4) is 0 Å². The van der Waals surface area contributed by atoms with Crippen LogP contribution in [0, 0.1) is 0 Å². The third-order valence-electron chi connectivity index (χ3n) is 1.82. The van der Waals surface area contributed by atoms with Crippen LogP contribution in [0.15, 0.2) is 15.9 Å². The molecule has 0 spiro atoms. The van der Waals surface area contributed by atoms with Crippen LogP contribution >= 0.6 is 27.3 Å². The van der Waals surface area contributed by atoms with E-state index < -0.39 is 0 Å². The topological polar surface area (TPSA) is 32.3 Å². The van der Waals surface area contributed by atoms with E-state index in [1.807, 2.05) is 6.92 Å². The SMILES string of the molecule is C[C@@H](CO)N[C@H](C)c1cc(Br)cs1. The van der Waals surface area contributed by atoms with Gasteiger partial charge in [0.15, 0.2) is 0 Å². The van der Waals surface area contributed by atoms with Crippen molar-refractivity contribution in [3.63, 3.8) is 0 Å².